The van der Waals surface area contributed by atoms with Crippen molar-refractivity contribution < 1.29 is 20.0 Å². The molecule has 0 amide bonds. The van der Waals surface area contributed by atoms with E-state index in [1.165, 1.54) is 58.7 Å². The minimum absolute atomic E-state index is 0.477. The zero-order chi connectivity index (χ0) is 23.5. The number of halogens is 1. The van der Waals surface area contributed by atoms with Gasteiger partial charge in [-0.05, 0) is 66.1 Å². The van der Waals surface area contributed by atoms with Crippen LogP contribution in [0.3, 0.4) is 0 Å². The zero-order valence-corrected chi connectivity index (χ0v) is 22.9. The Kier molecular flexibility index (Phi) is 7.96. The van der Waals surface area contributed by atoms with Gasteiger partial charge in [0.1, 0.15) is 0 Å². The molecule has 0 N–H and O–H groups in total. The molecule has 1 fully saturated rings. The van der Waals surface area contributed by atoms with Gasteiger partial charge in [-0.15, -0.1) is 6.67 Å². The fraction of sp³-hybridized carbons (Fsp3) is 0.393. The Balaban J connectivity index is 0.00000126. The van der Waals surface area contributed by atoms with Crippen LogP contribution in [-0.2, 0) is 20.0 Å². The van der Waals surface area contributed by atoms with E-state index in [1.54, 1.807) is 20.0 Å². The van der Waals surface area contributed by atoms with E-state index < -0.39 is 0 Å². The van der Waals surface area contributed by atoms with Crippen molar-refractivity contribution >= 4 is 32.3 Å². The number of rotatable bonds is 4. The molecule has 0 spiro atoms. The summed E-state index contributed by atoms with van der Waals surface area (Å²) < 4.78 is 0. The molecule has 5 heteroatoms. The molecule has 5 rings (SSSR count). The molecule has 0 atom stereocenters. The van der Waals surface area contributed by atoms with Crippen LogP contribution in [0.1, 0.15) is 75.5 Å². The number of hydrogen-bond acceptors (Lipinski definition) is 3. The molecular weight excluding hydrogens is 611 g/mol. The first kappa shape index (κ1) is 24.5. The summed E-state index contributed by atoms with van der Waals surface area (Å²) in [5, 5.41) is 0. The van der Waals surface area contributed by atoms with Gasteiger partial charge in [0.2, 0.25) is 0 Å². The second-order valence-electron chi connectivity index (χ2n) is 9.64. The molecule has 3 heterocycles. The SMILES string of the molecule is CC(C)c1cccc(C(C)C)c1N1C=C2C=Cc3cccc(N4CCCCC4)c3N2[CH-]1.[Cl][Au]. The molecule has 3 nitrogen and oxygen atoms in total. The Labute approximate surface area is 215 Å². The van der Waals surface area contributed by atoms with Gasteiger partial charge in [-0.2, -0.15) is 0 Å². The third-order valence-corrected chi connectivity index (χ3v) is 6.81. The van der Waals surface area contributed by atoms with Gasteiger partial charge in [0, 0.05) is 30.2 Å². The fourth-order valence-corrected chi connectivity index (χ4v) is 5.18. The van der Waals surface area contributed by atoms with Gasteiger partial charge in [-0.1, -0.05) is 64.1 Å². The van der Waals surface area contributed by atoms with Gasteiger partial charge in [0.25, 0.3) is 0 Å². The minimum atomic E-state index is 0.477. The third kappa shape index (κ3) is 4.79. The van der Waals surface area contributed by atoms with Gasteiger partial charge < -0.3 is 14.7 Å². The Morgan fingerprint density at radius 2 is 1.45 bits per heavy atom. The molecule has 33 heavy (non-hydrogen) atoms. The first-order chi connectivity index (χ1) is 16.0. The summed E-state index contributed by atoms with van der Waals surface area (Å²) in [6.45, 7) is 13.8. The maximum atomic E-state index is 4.58. The van der Waals surface area contributed by atoms with Crippen molar-refractivity contribution in [1.29, 1.82) is 0 Å². The topological polar surface area (TPSA) is 9.72 Å². The van der Waals surface area contributed by atoms with Crippen molar-refractivity contribution in [2.45, 2.75) is 58.8 Å². The number of fused-ring (bicyclic) bond motifs is 3. The quantitative estimate of drug-likeness (QED) is 0.247. The summed E-state index contributed by atoms with van der Waals surface area (Å²) in [5.74, 6) is 0.953. The second-order valence-corrected chi connectivity index (χ2v) is 9.64. The van der Waals surface area contributed by atoms with Crippen LogP contribution < -0.4 is 14.7 Å². The number of benzene rings is 2. The number of nitrogens with zero attached hydrogens (tertiary/aromatic N) is 3. The number of para-hydroxylation sites is 2. The van der Waals surface area contributed by atoms with Crippen molar-refractivity contribution in [3.63, 3.8) is 0 Å². The number of allylic oxidation sites excluding steroid dienone is 1. The molecule has 0 aliphatic carbocycles. The van der Waals surface area contributed by atoms with Crippen LogP contribution in [0.4, 0.5) is 17.1 Å². The summed E-state index contributed by atoms with van der Waals surface area (Å²) in [7, 11) is 4.58. The van der Waals surface area contributed by atoms with E-state index in [0.29, 0.717) is 11.8 Å². The molecule has 2 aromatic carbocycles. The van der Waals surface area contributed by atoms with Crippen molar-refractivity contribution in [2.75, 3.05) is 27.8 Å². The van der Waals surface area contributed by atoms with Gasteiger partial charge in [-0.25, -0.2) is 0 Å². The molecule has 0 saturated carbocycles. The van der Waals surface area contributed by atoms with Gasteiger partial charge in [0.05, 0.1) is 5.69 Å². The molecule has 0 bridgehead atoms. The zero-order valence-electron chi connectivity index (χ0n) is 20.0. The average Bonchev–Trinajstić information content (AvgIpc) is 3.29. The van der Waals surface area contributed by atoms with Crippen molar-refractivity contribution in [2.24, 2.45) is 0 Å². The first-order valence-electron chi connectivity index (χ1n) is 12.0. The number of piperidine rings is 1. The summed E-state index contributed by atoms with van der Waals surface area (Å²) in [4.78, 5) is 7.35. The molecule has 3 aliphatic rings. The molecule has 2 aromatic rings. The molecule has 0 aromatic heterocycles. The normalized spacial score (nSPS) is 17.1. The molecule has 0 unspecified atom stereocenters. The summed E-state index contributed by atoms with van der Waals surface area (Å²) in [6.07, 6.45) is 10.8. The summed E-state index contributed by atoms with van der Waals surface area (Å²) in [6, 6.07) is 13.6. The van der Waals surface area contributed by atoms with E-state index in [1.807, 2.05) is 0 Å². The van der Waals surface area contributed by atoms with Gasteiger partial charge in [0.15, 0.2) is 0 Å². The second kappa shape index (κ2) is 10.7. The Morgan fingerprint density at radius 1 is 0.818 bits per heavy atom. The Bertz CT molecular complexity index is 1010. The van der Waals surface area contributed by atoms with Crippen LogP contribution in [0, 0.1) is 6.67 Å². The Morgan fingerprint density at radius 3 is 2.09 bits per heavy atom. The van der Waals surface area contributed by atoms with Crippen molar-refractivity contribution in [3.8, 4) is 0 Å². The summed E-state index contributed by atoms with van der Waals surface area (Å²) in [5.41, 5.74) is 9.41. The number of anilines is 3. The fourth-order valence-electron chi connectivity index (χ4n) is 5.18. The Hall–Kier alpha value is -1.65. The van der Waals surface area contributed by atoms with E-state index in [-0.39, 0.29) is 0 Å². The van der Waals surface area contributed by atoms with E-state index in [2.05, 4.69) is 113 Å². The third-order valence-electron chi connectivity index (χ3n) is 6.81. The average molecular weight is 645 g/mol. The van der Waals surface area contributed by atoms with Crippen LogP contribution in [0.2, 0.25) is 0 Å². The van der Waals surface area contributed by atoms with Crippen molar-refractivity contribution in [1.82, 2.24) is 0 Å². The predicted molar refractivity (Wildman–Crippen MR) is 139 cm³/mol. The van der Waals surface area contributed by atoms with E-state index in [4.69, 9.17) is 0 Å². The van der Waals surface area contributed by atoms with Crippen molar-refractivity contribution in [3.05, 3.63) is 77.7 Å². The van der Waals surface area contributed by atoms with Gasteiger partial charge >= 0.3 is 29.2 Å². The maximum absolute atomic E-state index is 4.58. The van der Waals surface area contributed by atoms with Crippen LogP contribution in [0.25, 0.3) is 6.08 Å². The standard InChI is InChI=1S/C28H34N3.Au.ClH/c1-20(2)24-11-9-12-25(21(3)4)28(24)30-18-23-15-14-22-10-8-13-26(27(22)31(23)19-30)29-16-6-5-7-17-29;;/h8-15,18-21H,5-7,16-17H2,1-4H3;;1H/q-1;+1;/p-1. The monoisotopic (exact) mass is 644 g/mol. The van der Waals surface area contributed by atoms with Crippen LogP contribution in [0.5, 0.6) is 0 Å². The van der Waals surface area contributed by atoms with Gasteiger partial charge in [-0.3, -0.25) is 0 Å². The molecule has 3 aliphatic heterocycles. The predicted octanol–water partition coefficient (Wildman–Crippen LogP) is 7.92. The van der Waals surface area contributed by atoms with Crippen LogP contribution in [0.15, 0.2) is 54.4 Å². The van der Waals surface area contributed by atoms with Crippen LogP contribution >= 0.6 is 9.19 Å². The molecule has 180 valence electrons. The van der Waals surface area contributed by atoms with E-state index >= 15 is 0 Å². The van der Waals surface area contributed by atoms with Crippen LogP contribution in [-0.4, -0.2) is 13.1 Å². The number of hydrogen-bond donors (Lipinski definition) is 0. The first-order valence-corrected chi connectivity index (χ1v) is 14.7. The molecule has 0 radical (unpaired) electrons. The molecule has 1 saturated heterocycles. The van der Waals surface area contributed by atoms with E-state index in [9.17, 15) is 0 Å². The van der Waals surface area contributed by atoms with E-state index in [0.717, 1.165) is 13.1 Å². The molecular formula is C28H34AuClN3-. The summed E-state index contributed by atoms with van der Waals surface area (Å²) >= 11 is 1.75.